The van der Waals surface area contributed by atoms with Gasteiger partial charge in [0.25, 0.3) is 0 Å². The highest BCUT2D eigenvalue weighted by molar-refractivity contribution is 8.00. The van der Waals surface area contributed by atoms with Crippen LogP contribution in [0.5, 0.6) is 0 Å². The molecule has 0 radical (unpaired) electrons. The Labute approximate surface area is 122 Å². The fourth-order valence-electron chi connectivity index (χ4n) is 1.98. The van der Waals surface area contributed by atoms with Crippen molar-refractivity contribution in [1.29, 1.82) is 0 Å². The molecule has 1 heterocycles. The lowest BCUT2D eigenvalue weighted by Gasteiger charge is -2.30. The average molecular weight is 304 g/mol. The second-order valence-corrected chi connectivity index (χ2v) is 5.93. The SMILES string of the molecule is COC(=O)CCCN(C)C(=O)N1C(C)SCC1C(=O)O. The largest absolute Gasteiger partial charge is 0.480 e. The molecule has 1 aliphatic rings. The molecule has 20 heavy (non-hydrogen) atoms. The molecule has 1 rings (SSSR count). The lowest BCUT2D eigenvalue weighted by molar-refractivity contribution is -0.141. The number of hydrogen-bond donors (Lipinski definition) is 1. The van der Waals surface area contributed by atoms with Gasteiger partial charge in [0.15, 0.2) is 0 Å². The van der Waals surface area contributed by atoms with Crippen molar-refractivity contribution in [2.45, 2.75) is 31.2 Å². The Morgan fingerprint density at radius 2 is 2.10 bits per heavy atom. The average Bonchev–Trinajstić information content (AvgIpc) is 2.79. The molecule has 1 fully saturated rings. The zero-order valence-electron chi connectivity index (χ0n) is 11.9. The summed E-state index contributed by atoms with van der Waals surface area (Å²) >= 11 is 1.44. The van der Waals surface area contributed by atoms with E-state index >= 15 is 0 Å². The van der Waals surface area contributed by atoms with Gasteiger partial charge in [0.1, 0.15) is 6.04 Å². The van der Waals surface area contributed by atoms with Gasteiger partial charge in [0.2, 0.25) is 0 Å². The zero-order valence-corrected chi connectivity index (χ0v) is 12.7. The van der Waals surface area contributed by atoms with E-state index in [0.717, 1.165) is 0 Å². The number of carboxylic acid groups (broad SMARTS) is 1. The molecule has 1 N–H and O–H groups in total. The van der Waals surface area contributed by atoms with Crippen molar-refractivity contribution >= 4 is 29.7 Å². The minimum Gasteiger partial charge on any atom is -0.480 e. The highest BCUT2D eigenvalue weighted by Crippen LogP contribution is 2.29. The second kappa shape index (κ2) is 7.37. The summed E-state index contributed by atoms with van der Waals surface area (Å²) in [6.07, 6.45) is 0.725. The van der Waals surface area contributed by atoms with Crippen LogP contribution in [-0.4, -0.2) is 70.7 Å². The molecule has 1 saturated heterocycles. The first-order valence-corrected chi connectivity index (χ1v) is 7.38. The summed E-state index contributed by atoms with van der Waals surface area (Å²) in [7, 11) is 2.92. The van der Waals surface area contributed by atoms with Gasteiger partial charge in [0, 0.05) is 25.8 Å². The van der Waals surface area contributed by atoms with E-state index < -0.39 is 12.0 Å². The van der Waals surface area contributed by atoms with E-state index in [4.69, 9.17) is 5.11 Å². The van der Waals surface area contributed by atoms with Gasteiger partial charge in [0.05, 0.1) is 12.5 Å². The highest BCUT2D eigenvalue weighted by atomic mass is 32.2. The number of amides is 2. The smallest absolute Gasteiger partial charge is 0.327 e. The molecule has 0 aromatic heterocycles. The number of methoxy groups -OCH3 is 1. The Morgan fingerprint density at radius 1 is 1.45 bits per heavy atom. The van der Waals surface area contributed by atoms with E-state index in [1.165, 1.54) is 28.7 Å². The van der Waals surface area contributed by atoms with Crippen molar-refractivity contribution in [2.24, 2.45) is 0 Å². The van der Waals surface area contributed by atoms with Crippen LogP contribution < -0.4 is 0 Å². The summed E-state index contributed by atoms with van der Waals surface area (Å²) in [6.45, 7) is 2.20. The van der Waals surface area contributed by atoms with Crippen molar-refractivity contribution < 1.29 is 24.2 Å². The van der Waals surface area contributed by atoms with Crippen molar-refractivity contribution in [3.63, 3.8) is 0 Å². The first kappa shape index (κ1) is 16.6. The number of hydrogen-bond acceptors (Lipinski definition) is 5. The molecule has 0 aromatic rings. The quantitative estimate of drug-likeness (QED) is 0.757. The summed E-state index contributed by atoms with van der Waals surface area (Å²) in [4.78, 5) is 37.2. The molecule has 0 saturated carbocycles. The monoisotopic (exact) mass is 304 g/mol. The Morgan fingerprint density at radius 3 is 2.65 bits per heavy atom. The number of carboxylic acids is 1. The molecular formula is C12H20N2O5S. The number of aliphatic carboxylic acids is 1. The lowest BCUT2D eigenvalue weighted by atomic mass is 10.3. The van der Waals surface area contributed by atoms with Crippen LogP contribution in [0.4, 0.5) is 4.79 Å². The summed E-state index contributed by atoms with van der Waals surface area (Å²) in [5.74, 6) is -0.907. The number of carbonyl (C=O) groups is 3. The number of esters is 1. The third kappa shape index (κ3) is 4.03. The number of thioether (sulfide) groups is 1. The molecule has 0 aromatic carbocycles. The standard InChI is InChI=1S/C12H20N2O5S/c1-8-14(9(7-20-8)11(16)17)12(18)13(2)6-4-5-10(15)19-3/h8-9H,4-7H2,1-3H3,(H,16,17). The first-order valence-electron chi connectivity index (χ1n) is 6.33. The van der Waals surface area contributed by atoms with Gasteiger partial charge in [-0.25, -0.2) is 9.59 Å². The molecule has 2 amide bonds. The van der Waals surface area contributed by atoms with Crippen molar-refractivity contribution in [2.75, 3.05) is 26.5 Å². The summed E-state index contributed by atoms with van der Waals surface area (Å²) in [5, 5.41) is 8.97. The van der Waals surface area contributed by atoms with Crippen molar-refractivity contribution in [3.8, 4) is 0 Å². The molecule has 0 aliphatic carbocycles. The molecular weight excluding hydrogens is 284 g/mol. The molecule has 8 heteroatoms. The van der Waals surface area contributed by atoms with Crippen LogP contribution in [0.2, 0.25) is 0 Å². The Bertz CT molecular complexity index is 390. The van der Waals surface area contributed by atoms with Gasteiger partial charge in [-0.1, -0.05) is 0 Å². The predicted octanol–water partition coefficient (Wildman–Crippen LogP) is 0.839. The molecule has 2 atom stereocenters. The maximum Gasteiger partial charge on any atom is 0.327 e. The Hall–Kier alpha value is -1.44. The second-order valence-electron chi connectivity index (χ2n) is 4.58. The number of nitrogens with zero attached hydrogens (tertiary/aromatic N) is 2. The van der Waals surface area contributed by atoms with Crippen LogP contribution in [0, 0.1) is 0 Å². The highest BCUT2D eigenvalue weighted by Gasteiger charge is 2.40. The summed E-state index contributed by atoms with van der Waals surface area (Å²) < 4.78 is 4.52. The van der Waals surface area contributed by atoms with Gasteiger partial charge in [-0.2, -0.15) is 0 Å². The van der Waals surface area contributed by atoms with E-state index in [1.54, 1.807) is 7.05 Å². The number of rotatable bonds is 5. The normalized spacial score (nSPS) is 21.6. The first-order chi connectivity index (χ1) is 9.38. The number of urea groups is 1. The van der Waals surface area contributed by atoms with Crippen LogP contribution in [-0.2, 0) is 14.3 Å². The third-order valence-corrected chi connectivity index (χ3v) is 4.38. The maximum atomic E-state index is 12.3. The van der Waals surface area contributed by atoms with E-state index in [9.17, 15) is 14.4 Å². The van der Waals surface area contributed by atoms with E-state index in [2.05, 4.69) is 4.74 Å². The topological polar surface area (TPSA) is 87.2 Å². The molecule has 114 valence electrons. The van der Waals surface area contributed by atoms with Crippen LogP contribution in [0.3, 0.4) is 0 Å². The van der Waals surface area contributed by atoms with Crippen LogP contribution >= 0.6 is 11.8 Å². The van der Waals surface area contributed by atoms with Crippen LogP contribution in [0.25, 0.3) is 0 Å². The molecule has 0 spiro atoms. The Balaban J connectivity index is 2.54. The van der Waals surface area contributed by atoms with Gasteiger partial charge in [-0.3, -0.25) is 9.69 Å². The third-order valence-electron chi connectivity index (χ3n) is 3.16. The minimum atomic E-state index is -0.988. The maximum absolute atomic E-state index is 12.3. The predicted molar refractivity (Wildman–Crippen MR) is 74.5 cm³/mol. The Kier molecular flexibility index (Phi) is 6.12. The van der Waals surface area contributed by atoms with Gasteiger partial charge < -0.3 is 14.7 Å². The fourth-order valence-corrected chi connectivity index (χ4v) is 3.14. The van der Waals surface area contributed by atoms with Gasteiger partial charge in [-0.05, 0) is 13.3 Å². The van der Waals surface area contributed by atoms with Gasteiger partial charge in [-0.15, -0.1) is 11.8 Å². The summed E-state index contributed by atoms with van der Waals surface area (Å²) in [6, 6.07) is -1.11. The van der Waals surface area contributed by atoms with Gasteiger partial charge >= 0.3 is 18.0 Å². The number of ether oxygens (including phenoxy) is 1. The number of carbonyl (C=O) groups excluding carboxylic acids is 2. The van der Waals surface area contributed by atoms with E-state index in [0.29, 0.717) is 18.7 Å². The van der Waals surface area contributed by atoms with Crippen LogP contribution in [0.15, 0.2) is 0 Å². The zero-order chi connectivity index (χ0) is 15.3. The molecule has 1 aliphatic heterocycles. The molecule has 7 nitrogen and oxygen atoms in total. The summed E-state index contributed by atoms with van der Waals surface area (Å²) in [5.41, 5.74) is 0. The van der Waals surface area contributed by atoms with Crippen molar-refractivity contribution in [3.05, 3.63) is 0 Å². The van der Waals surface area contributed by atoms with Crippen LogP contribution in [0.1, 0.15) is 19.8 Å². The van der Waals surface area contributed by atoms with Crippen molar-refractivity contribution in [1.82, 2.24) is 9.80 Å². The van der Waals surface area contributed by atoms with E-state index in [1.807, 2.05) is 6.92 Å². The minimum absolute atomic E-state index is 0.161. The van der Waals surface area contributed by atoms with E-state index in [-0.39, 0.29) is 23.8 Å². The molecule has 2 unspecified atom stereocenters. The fraction of sp³-hybridized carbons (Fsp3) is 0.750. The lowest BCUT2D eigenvalue weighted by Crippen LogP contribution is -2.50. The molecule has 0 bridgehead atoms.